The van der Waals surface area contributed by atoms with Crippen LogP contribution in [0.25, 0.3) is 93.2 Å². The third kappa shape index (κ3) is 5.57. The normalized spacial score (nSPS) is 11.7. The Morgan fingerprint density at radius 3 is 1.30 bits per heavy atom. The minimum absolute atomic E-state index is 1.10. The minimum Gasteiger partial charge on any atom is -0.311 e. The van der Waals surface area contributed by atoms with Gasteiger partial charge in [-0.25, -0.2) is 0 Å². The summed E-state index contributed by atoms with van der Waals surface area (Å²) < 4.78 is 2.48. The zero-order valence-electron chi connectivity index (χ0n) is 32.8. The molecule has 2 heteroatoms. The molecule has 0 N–H and O–H groups in total. The lowest BCUT2D eigenvalue weighted by atomic mass is 9.93. The largest absolute Gasteiger partial charge is 0.311 e. The van der Waals surface area contributed by atoms with E-state index in [0.717, 1.165) is 17.1 Å². The predicted octanol–water partition coefficient (Wildman–Crippen LogP) is 16.2. The van der Waals surface area contributed by atoms with E-state index in [9.17, 15) is 0 Å². The number of nitrogens with zero attached hydrogens (tertiary/aromatic N) is 2. The molecule has 0 atom stereocenters. The Labute approximate surface area is 348 Å². The number of rotatable bonds is 7. The van der Waals surface area contributed by atoms with Crippen molar-refractivity contribution in [2.75, 3.05) is 4.90 Å². The molecule has 12 rings (SSSR count). The molecule has 0 spiro atoms. The number of hydrogen-bond acceptors (Lipinski definition) is 1. The third-order valence-corrected chi connectivity index (χ3v) is 12.3. The van der Waals surface area contributed by atoms with E-state index < -0.39 is 0 Å². The Hall–Kier alpha value is -7.94. The molecular formula is C58H38N2. The highest BCUT2D eigenvalue weighted by Crippen LogP contribution is 2.42. The van der Waals surface area contributed by atoms with E-state index in [4.69, 9.17) is 0 Å². The average Bonchev–Trinajstić information content (AvgIpc) is 3.65. The summed E-state index contributed by atoms with van der Waals surface area (Å²) in [5.41, 5.74) is 14.1. The molecule has 0 bridgehead atoms. The highest BCUT2D eigenvalue weighted by atomic mass is 15.1. The van der Waals surface area contributed by atoms with E-state index in [1.54, 1.807) is 0 Å². The maximum atomic E-state index is 2.48. The Balaban J connectivity index is 0.969. The van der Waals surface area contributed by atoms with Gasteiger partial charge in [-0.3, -0.25) is 0 Å². The first-order valence-corrected chi connectivity index (χ1v) is 20.7. The number of anilines is 3. The molecule has 60 heavy (non-hydrogen) atoms. The lowest BCUT2D eigenvalue weighted by Gasteiger charge is -2.26. The maximum absolute atomic E-state index is 2.48. The standard InChI is InChI=1S/C58H38N2/c1-3-10-39(11-4-1)41-20-29-48(30-21-41)59(49-31-22-42(23-32-49)40-12-5-2-6-13-40)50-33-24-43(25-34-50)47-27-35-52-51-16-7-8-17-54(51)60(56(52)38-47)55-37-28-46-19-18-44-14-9-15-45-26-36-53(55)58(46)57(44)45/h1-38H. The van der Waals surface area contributed by atoms with Gasteiger partial charge in [0.2, 0.25) is 0 Å². The summed E-state index contributed by atoms with van der Waals surface area (Å²) in [6.07, 6.45) is 0. The molecule has 0 amide bonds. The molecule has 0 unspecified atom stereocenters. The van der Waals surface area contributed by atoms with Gasteiger partial charge in [-0.1, -0.05) is 176 Å². The molecule has 0 radical (unpaired) electrons. The van der Waals surface area contributed by atoms with Crippen molar-refractivity contribution in [1.29, 1.82) is 0 Å². The summed E-state index contributed by atoms with van der Waals surface area (Å²) in [6.45, 7) is 0. The Bertz CT molecular complexity index is 3390. The fourth-order valence-corrected chi connectivity index (χ4v) is 9.44. The summed E-state index contributed by atoms with van der Waals surface area (Å²) in [5.74, 6) is 0. The van der Waals surface area contributed by atoms with Crippen molar-refractivity contribution in [3.63, 3.8) is 0 Å². The average molecular weight is 763 g/mol. The molecule has 0 aliphatic rings. The Morgan fingerprint density at radius 2 is 0.700 bits per heavy atom. The van der Waals surface area contributed by atoms with Crippen LogP contribution in [-0.2, 0) is 0 Å². The van der Waals surface area contributed by atoms with E-state index in [0.29, 0.717) is 0 Å². The SMILES string of the molecule is c1ccc(-c2ccc(N(c3ccc(-c4ccccc4)cc3)c3ccc(-c4ccc5c6ccccc6n(-c6ccc7ccc8cccc9ccc6c7c89)c5c4)cc3)cc2)cc1. The van der Waals surface area contributed by atoms with E-state index in [1.807, 2.05) is 0 Å². The maximum Gasteiger partial charge on any atom is 0.0547 e. The van der Waals surface area contributed by atoms with Gasteiger partial charge >= 0.3 is 0 Å². The monoisotopic (exact) mass is 762 g/mol. The van der Waals surface area contributed by atoms with Crippen molar-refractivity contribution in [3.8, 4) is 39.1 Å². The van der Waals surface area contributed by atoms with Gasteiger partial charge in [-0.2, -0.15) is 0 Å². The number of fused-ring (bicyclic) bond motifs is 3. The molecule has 2 nitrogen and oxygen atoms in total. The van der Waals surface area contributed by atoms with Crippen molar-refractivity contribution in [3.05, 3.63) is 231 Å². The summed E-state index contributed by atoms with van der Waals surface area (Å²) >= 11 is 0. The van der Waals surface area contributed by atoms with Gasteiger partial charge in [-0.05, 0) is 115 Å². The first kappa shape index (κ1) is 34.1. The summed E-state index contributed by atoms with van der Waals surface area (Å²) in [5, 5.41) is 10.3. The van der Waals surface area contributed by atoms with E-state index in [1.165, 1.54) is 93.2 Å². The number of benzene rings is 11. The lowest BCUT2D eigenvalue weighted by Crippen LogP contribution is -2.09. The molecule has 0 aliphatic heterocycles. The zero-order chi connectivity index (χ0) is 39.6. The van der Waals surface area contributed by atoms with Gasteiger partial charge in [0.25, 0.3) is 0 Å². The smallest absolute Gasteiger partial charge is 0.0547 e. The lowest BCUT2D eigenvalue weighted by molar-refractivity contribution is 1.20. The first-order valence-electron chi connectivity index (χ1n) is 20.7. The van der Waals surface area contributed by atoms with Crippen molar-refractivity contribution < 1.29 is 0 Å². The third-order valence-electron chi connectivity index (χ3n) is 12.3. The molecule has 0 saturated carbocycles. The molecule has 1 aromatic heterocycles. The number of hydrogen-bond donors (Lipinski definition) is 0. The fraction of sp³-hybridized carbons (Fsp3) is 0. The van der Waals surface area contributed by atoms with Crippen LogP contribution in [-0.4, -0.2) is 4.57 Å². The quantitative estimate of drug-likeness (QED) is 0.147. The zero-order valence-corrected chi connectivity index (χ0v) is 32.8. The van der Waals surface area contributed by atoms with Gasteiger partial charge in [-0.15, -0.1) is 0 Å². The van der Waals surface area contributed by atoms with Gasteiger partial charge in [0, 0.05) is 33.2 Å². The summed E-state index contributed by atoms with van der Waals surface area (Å²) in [6, 6.07) is 84.1. The topological polar surface area (TPSA) is 8.17 Å². The van der Waals surface area contributed by atoms with E-state index >= 15 is 0 Å². The van der Waals surface area contributed by atoms with Crippen molar-refractivity contribution in [2.45, 2.75) is 0 Å². The Morgan fingerprint density at radius 1 is 0.267 bits per heavy atom. The predicted molar refractivity (Wildman–Crippen MR) is 255 cm³/mol. The van der Waals surface area contributed by atoms with Crippen molar-refractivity contribution in [1.82, 2.24) is 4.57 Å². The molecule has 11 aromatic carbocycles. The number of aromatic nitrogens is 1. The van der Waals surface area contributed by atoms with E-state index in [2.05, 4.69) is 240 Å². The second-order valence-corrected chi connectivity index (χ2v) is 15.7. The second-order valence-electron chi connectivity index (χ2n) is 15.7. The summed E-state index contributed by atoms with van der Waals surface area (Å²) in [4.78, 5) is 2.35. The molecule has 0 saturated heterocycles. The summed E-state index contributed by atoms with van der Waals surface area (Å²) in [7, 11) is 0. The molecular weight excluding hydrogens is 725 g/mol. The van der Waals surface area contributed by atoms with Crippen molar-refractivity contribution >= 4 is 71.2 Å². The van der Waals surface area contributed by atoms with Gasteiger partial charge in [0.05, 0.1) is 16.7 Å². The minimum atomic E-state index is 1.10. The van der Waals surface area contributed by atoms with Crippen LogP contribution in [0.4, 0.5) is 17.1 Å². The van der Waals surface area contributed by atoms with Crippen LogP contribution in [0.1, 0.15) is 0 Å². The first-order chi connectivity index (χ1) is 29.7. The molecule has 0 aliphatic carbocycles. The van der Waals surface area contributed by atoms with Crippen LogP contribution < -0.4 is 4.90 Å². The van der Waals surface area contributed by atoms with Gasteiger partial charge in [0.15, 0.2) is 0 Å². The molecule has 12 aromatic rings. The number of para-hydroxylation sites is 1. The molecule has 0 fully saturated rings. The van der Waals surface area contributed by atoms with Crippen LogP contribution in [0, 0.1) is 0 Å². The van der Waals surface area contributed by atoms with E-state index in [-0.39, 0.29) is 0 Å². The van der Waals surface area contributed by atoms with Crippen LogP contribution >= 0.6 is 0 Å². The Kier molecular flexibility index (Phi) is 7.89. The molecule has 280 valence electrons. The fourth-order valence-electron chi connectivity index (χ4n) is 9.44. The van der Waals surface area contributed by atoms with Crippen molar-refractivity contribution in [2.24, 2.45) is 0 Å². The highest BCUT2D eigenvalue weighted by molar-refractivity contribution is 6.25. The van der Waals surface area contributed by atoms with Crippen LogP contribution in [0.5, 0.6) is 0 Å². The van der Waals surface area contributed by atoms with Crippen LogP contribution in [0.2, 0.25) is 0 Å². The second kappa shape index (κ2) is 13.9. The van der Waals surface area contributed by atoms with Gasteiger partial charge < -0.3 is 9.47 Å². The van der Waals surface area contributed by atoms with Crippen LogP contribution in [0.15, 0.2) is 231 Å². The molecule has 1 heterocycles. The van der Waals surface area contributed by atoms with Crippen LogP contribution in [0.3, 0.4) is 0 Å². The van der Waals surface area contributed by atoms with Gasteiger partial charge in [0.1, 0.15) is 0 Å². The highest BCUT2D eigenvalue weighted by Gasteiger charge is 2.19.